The molecule has 1 N–H and O–H groups in total. The maximum Gasteiger partial charge on any atom is 0.417 e. The van der Waals surface area contributed by atoms with Crippen LogP contribution in [0.25, 0.3) is 0 Å². The predicted molar refractivity (Wildman–Crippen MR) is 99.0 cm³/mol. The van der Waals surface area contributed by atoms with E-state index in [-0.39, 0.29) is 23.9 Å². The number of carbonyl (C=O) groups is 1. The van der Waals surface area contributed by atoms with Gasteiger partial charge in [-0.05, 0) is 43.9 Å². The molecule has 0 bridgehead atoms. The first-order valence-corrected chi connectivity index (χ1v) is 9.91. The Morgan fingerprint density at radius 3 is 2.46 bits per heavy atom. The Morgan fingerprint density at radius 1 is 1.14 bits per heavy atom. The average molecular weight is 411 g/mol. The van der Waals surface area contributed by atoms with Crippen molar-refractivity contribution in [3.63, 3.8) is 0 Å². The summed E-state index contributed by atoms with van der Waals surface area (Å²) in [5.41, 5.74) is -0.795. The van der Waals surface area contributed by atoms with Crippen LogP contribution in [-0.4, -0.2) is 33.8 Å². The van der Waals surface area contributed by atoms with E-state index in [9.17, 15) is 18.0 Å². The number of nitrogens with one attached hydrogen (secondary N) is 1. The van der Waals surface area contributed by atoms with Crippen molar-refractivity contribution in [2.45, 2.75) is 48.9 Å². The number of halogens is 3. The van der Waals surface area contributed by atoms with Gasteiger partial charge in [0.05, 0.1) is 11.3 Å². The fourth-order valence-electron chi connectivity index (χ4n) is 2.97. The summed E-state index contributed by atoms with van der Waals surface area (Å²) in [6.07, 6.45) is 2.59. The summed E-state index contributed by atoms with van der Waals surface area (Å²) in [6, 6.07) is 6.01. The third kappa shape index (κ3) is 6.12. The van der Waals surface area contributed by atoms with Gasteiger partial charge >= 0.3 is 6.18 Å². The van der Waals surface area contributed by atoms with E-state index < -0.39 is 11.7 Å². The van der Waals surface area contributed by atoms with Crippen molar-refractivity contribution in [2.75, 3.05) is 5.75 Å². The Bertz CT molecular complexity index is 764. The van der Waals surface area contributed by atoms with E-state index in [1.165, 1.54) is 17.8 Å². The monoisotopic (exact) mass is 411 g/mol. The first kappa shape index (κ1) is 20.4. The van der Waals surface area contributed by atoms with Gasteiger partial charge < -0.3 is 10.1 Å². The van der Waals surface area contributed by atoms with Gasteiger partial charge in [0, 0.05) is 35.6 Å². The van der Waals surface area contributed by atoms with Gasteiger partial charge in [-0.15, -0.1) is 11.8 Å². The van der Waals surface area contributed by atoms with E-state index in [1.807, 2.05) is 12.1 Å². The zero-order chi connectivity index (χ0) is 20.0. The van der Waals surface area contributed by atoms with Crippen LogP contribution in [0, 0.1) is 0 Å². The van der Waals surface area contributed by atoms with Crippen molar-refractivity contribution in [3.05, 3.63) is 48.4 Å². The summed E-state index contributed by atoms with van der Waals surface area (Å²) < 4.78 is 43.4. The topological polar surface area (TPSA) is 64.1 Å². The maximum absolute atomic E-state index is 12.6. The summed E-state index contributed by atoms with van der Waals surface area (Å²) in [7, 11) is 0. The van der Waals surface area contributed by atoms with Gasteiger partial charge in [-0.2, -0.15) is 13.2 Å². The van der Waals surface area contributed by atoms with Crippen molar-refractivity contribution >= 4 is 17.7 Å². The van der Waals surface area contributed by atoms with E-state index in [2.05, 4.69) is 15.3 Å². The molecule has 5 nitrogen and oxygen atoms in total. The second-order valence-electron chi connectivity index (χ2n) is 6.51. The minimum absolute atomic E-state index is 0.0180. The summed E-state index contributed by atoms with van der Waals surface area (Å²) in [5.74, 6) is 0.514. The molecule has 0 aliphatic heterocycles. The molecule has 1 saturated carbocycles. The molecular weight excluding hydrogens is 391 g/mol. The fourth-order valence-corrected chi connectivity index (χ4v) is 3.66. The summed E-state index contributed by atoms with van der Waals surface area (Å²) >= 11 is 1.46. The number of hydrogen-bond donors (Lipinski definition) is 1. The van der Waals surface area contributed by atoms with Gasteiger partial charge in [-0.25, -0.2) is 4.98 Å². The van der Waals surface area contributed by atoms with Crippen LogP contribution in [0.5, 0.6) is 5.88 Å². The second-order valence-corrected chi connectivity index (χ2v) is 7.56. The zero-order valence-corrected chi connectivity index (χ0v) is 15.8. The molecule has 9 heteroatoms. The van der Waals surface area contributed by atoms with Crippen molar-refractivity contribution in [1.29, 1.82) is 0 Å². The fraction of sp³-hybridized carbons (Fsp3) is 0.421. The van der Waals surface area contributed by atoms with Crippen molar-refractivity contribution in [1.82, 2.24) is 15.3 Å². The third-order valence-electron chi connectivity index (χ3n) is 4.41. The number of rotatable bonds is 6. The number of aromatic nitrogens is 2. The quantitative estimate of drug-likeness (QED) is 0.726. The highest BCUT2D eigenvalue weighted by molar-refractivity contribution is 8.00. The van der Waals surface area contributed by atoms with Crippen molar-refractivity contribution in [3.8, 4) is 5.88 Å². The molecule has 28 heavy (non-hydrogen) atoms. The molecule has 2 aromatic rings. The lowest BCUT2D eigenvalue weighted by Crippen LogP contribution is -2.40. The van der Waals surface area contributed by atoms with E-state index >= 15 is 0 Å². The van der Waals surface area contributed by atoms with Crippen LogP contribution < -0.4 is 10.1 Å². The predicted octanol–water partition coefficient (Wildman–Crippen LogP) is 4.09. The Morgan fingerprint density at radius 2 is 1.86 bits per heavy atom. The molecule has 2 aromatic heterocycles. The summed E-state index contributed by atoms with van der Waals surface area (Å²) in [6.45, 7) is 0. The molecule has 1 amide bonds. The Labute approximate surface area is 165 Å². The van der Waals surface area contributed by atoms with Crippen molar-refractivity contribution in [2.24, 2.45) is 0 Å². The number of carbonyl (C=O) groups excluding carboxylic acids is 1. The first-order valence-electron chi connectivity index (χ1n) is 8.92. The molecule has 1 aliphatic carbocycles. The molecule has 0 atom stereocenters. The number of amides is 1. The maximum atomic E-state index is 12.6. The highest BCUT2D eigenvalue weighted by Gasteiger charge is 2.31. The second kappa shape index (κ2) is 9.27. The normalized spacial score (nSPS) is 19.8. The van der Waals surface area contributed by atoms with Gasteiger partial charge in [0.15, 0.2) is 0 Å². The van der Waals surface area contributed by atoms with Gasteiger partial charge in [0.2, 0.25) is 11.8 Å². The number of pyridine rings is 2. The minimum Gasteiger partial charge on any atom is -0.474 e. The largest absolute Gasteiger partial charge is 0.474 e. The van der Waals surface area contributed by atoms with Crippen molar-refractivity contribution < 1.29 is 22.7 Å². The average Bonchev–Trinajstić information content (AvgIpc) is 2.68. The minimum atomic E-state index is -4.41. The number of ether oxygens (including phenoxy) is 1. The number of hydrogen-bond acceptors (Lipinski definition) is 5. The highest BCUT2D eigenvalue weighted by Crippen LogP contribution is 2.30. The SMILES string of the molecule is O=C(CSc1ccncc1)NC1CCC(Oc2ccc(C(F)(F)F)cn2)CC1. The number of thioether (sulfide) groups is 1. The van der Waals surface area contributed by atoms with E-state index in [0.29, 0.717) is 18.6 Å². The molecule has 0 saturated heterocycles. The van der Waals surface area contributed by atoms with Gasteiger partial charge in [-0.3, -0.25) is 9.78 Å². The smallest absolute Gasteiger partial charge is 0.417 e. The van der Waals surface area contributed by atoms with E-state index in [1.54, 1.807) is 12.4 Å². The van der Waals surface area contributed by atoms with Crippen LogP contribution in [-0.2, 0) is 11.0 Å². The van der Waals surface area contributed by atoms with E-state index in [0.717, 1.165) is 30.0 Å². The van der Waals surface area contributed by atoms with Crippen LogP contribution in [0.15, 0.2) is 47.8 Å². The van der Waals surface area contributed by atoms with Crippen LogP contribution >= 0.6 is 11.8 Å². The lowest BCUT2D eigenvalue weighted by atomic mass is 9.93. The van der Waals surface area contributed by atoms with Gasteiger partial charge in [-0.1, -0.05) is 0 Å². The molecule has 1 fully saturated rings. The molecule has 0 radical (unpaired) electrons. The summed E-state index contributed by atoms with van der Waals surface area (Å²) in [4.78, 5) is 20.8. The van der Waals surface area contributed by atoms with Crippen LogP contribution in [0.3, 0.4) is 0 Å². The first-order chi connectivity index (χ1) is 13.4. The molecular formula is C19H20F3N3O2S. The van der Waals surface area contributed by atoms with Crippen LogP contribution in [0.4, 0.5) is 13.2 Å². The molecule has 2 heterocycles. The molecule has 0 unspecified atom stereocenters. The standard InChI is InChI=1S/C19H20F3N3O2S/c20-19(21,22)13-1-6-18(24-11-13)27-15-4-2-14(3-5-15)25-17(26)12-28-16-7-9-23-10-8-16/h1,6-11,14-15H,2-5,12H2,(H,25,26). The van der Waals surface area contributed by atoms with Gasteiger partial charge in [0.1, 0.15) is 6.10 Å². The lowest BCUT2D eigenvalue weighted by molar-refractivity contribution is -0.137. The van der Waals surface area contributed by atoms with Crippen LogP contribution in [0.2, 0.25) is 0 Å². The number of nitrogens with zero attached hydrogens (tertiary/aromatic N) is 2. The Kier molecular flexibility index (Phi) is 6.77. The molecule has 0 aromatic carbocycles. The Balaban J connectivity index is 1.39. The molecule has 3 rings (SSSR count). The van der Waals surface area contributed by atoms with Gasteiger partial charge in [0.25, 0.3) is 0 Å². The third-order valence-corrected chi connectivity index (χ3v) is 5.42. The van der Waals surface area contributed by atoms with Crippen LogP contribution in [0.1, 0.15) is 31.2 Å². The zero-order valence-electron chi connectivity index (χ0n) is 15.0. The molecule has 0 spiro atoms. The number of alkyl halides is 3. The highest BCUT2D eigenvalue weighted by atomic mass is 32.2. The van der Waals surface area contributed by atoms with E-state index in [4.69, 9.17) is 4.74 Å². The Hall–Kier alpha value is -2.29. The lowest BCUT2D eigenvalue weighted by Gasteiger charge is -2.29. The summed E-state index contributed by atoms with van der Waals surface area (Å²) in [5, 5.41) is 3.03. The molecule has 1 aliphatic rings. The molecule has 150 valence electrons.